The first-order chi connectivity index (χ1) is 9.58. The van der Waals surface area contributed by atoms with Crippen LogP contribution in [0, 0.1) is 0 Å². The number of nitrogens with two attached hydrogens (primary N) is 1. The topological polar surface area (TPSA) is 65.2 Å². The molecule has 2 heterocycles. The minimum absolute atomic E-state index is 0.200. The summed E-state index contributed by atoms with van der Waals surface area (Å²) in [6.07, 6.45) is 1.54. The molecule has 1 aromatic carbocycles. The molecule has 3 aromatic rings. The summed E-state index contributed by atoms with van der Waals surface area (Å²) in [5.74, 6) is 0.200. The molecule has 3 rings (SSSR count). The van der Waals surface area contributed by atoms with E-state index in [9.17, 15) is 0 Å². The molecule has 0 fully saturated rings. The average Bonchev–Trinajstić information content (AvgIpc) is 2.99. The lowest BCUT2D eigenvalue weighted by Crippen LogP contribution is -1.87. The molecule has 0 radical (unpaired) electrons. The van der Waals surface area contributed by atoms with Crippen LogP contribution in [0.2, 0.25) is 10.0 Å². The molecule has 102 valence electrons. The molecular formula is C13H7BrCl2N2O2. The highest BCUT2D eigenvalue weighted by atomic mass is 79.9. The normalized spacial score (nSPS) is 10.9. The van der Waals surface area contributed by atoms with Crippen molar-refractivity contribution in [1.82, 2.24) is 5.16 Å². The van der Waals surface area contributed by atoms with Gasteiger partial charge in [-0.3, -0.25) is 0 Å². The highest BCUT2D eigenvalue weighted by molar-refractivity contribution is 9.10. The van der Waals surface area contributed by atoms with Crippen molar-refractivity contribution >= 4 is 45.0 Å². The quantitative estimate of drug-likeness (QED) is 0.665. The van der Waals surface area contributed by atoms with Crippen molar-refractivity contribution in [3.05, 3.63) is 45.2 Å². The SMILES string of the molecule is Nc1onc(-c2ccoc2Br)c1-c1ccc(Cl)c(Cl)c1. The summed E-state index contributed by atoms with van der Waals surface area (Å²) in [7, 11) is 0. The van der Waals surface area contributed by atoms with Gasteiger partial charge in [-0.2, -0.15) is 0 Å². The van der Waals surface area contributed by atoms with Crippen LogP contribution < -0.4 is 5.73 Å². The van der Waals surface area contributed by atoms with Crippen molar-refractivity contribution in [2.75, 3.05) is 5.73 Å². The van der Waals surface area contributed by atoms with Crippen LogP contribution in [0.1, 0.15) is 0 Å². The van der Waals surface area contributed by atoms with Gasteiger partial charge in [0.1, 0.15) is 5.69 Å². The Morgan fingerprint density at radius 3 is 2.60 bits per heavy atom. The van der Waals surface area contributed by atoms with Gasteiger partial charge in [-0.15, -0.1) is 0 Å². The van der Waals surface area contributed by atoms with E-state index < -0.39 is 0 Å². The standard InChI is InChI=1S/C13H7BrCl2N2O2/c14-12-7(3-4-19-12)11-10(13(17)20-18-11)6-1-2-8(15)9(16)5-6/h1-5H,17H2. The number of aromatic nitrogens is 1. The highest BCUT2D eigenvalue weighted by Gasteiger charge is 2.21. The zero-order valence-corrected chi connectivity index (χ0v) is 13.0. The van der Waals surface area contributed by atoms with Gasteiger partial charge in [0.2, 0.25) is 5.88 Å². The average molecular weight is 374 g/mol. The lowest BCUT2D eigenvalue weighted by atomic mass is 10.0. The summed E-state index contributed by atoms with van der Waals surface area (Å²) in [5.41, 5.74) is 8.59. The second-order valence-electron chi connectivity index (χ2n) is 4.01. The molecule has 0 aliphatic heterocycles. The van der Waals surface area contributed by atoms with E-state index in [1.165, 1.54) is 0 Å². The fourth-order valence-corrected chi connectivity index (χ4v) is 2.61. The molecule has 0 aliphatic carbocycles. The van der Waals surface area contributed by atoms with Gasteiger partial charge in [0.05, 0.1) is 27.4 Å². The van der Waals surface area contributed by atoms with Crippen molar-refractivity contribution in [2.24, 2.45) is 0 Å². The third kappa shape index (κ3) is 2.22. The van der Waals surface area contributed by atoms with Crippen LogP contribution >= 0.6 is 39.1 Å². The van der Waals surface area contributed by atoms with Crippen LogP contribution in [0.5, 0.6) is 0 Å². The highest BCUT2D eigenvalue weighted by Crippen LogP contribution is 2.40. The van der Waals surface area contributed by atoms with E-state index in [2.05, 4.69) is 21.1 Å². The van der Waals surface area contributed by atoms with Gasteiger partial charge in [0.15, 0.2) is 4.67 Å². The molecule has 0 spiro atoms. The maximum absolute atomic E-state index is 6.04. The van der Waals surface area contributed by atoms with Crippen LogP contribution in [0.3, 0.4) is 0 Å². The molecule has 2 N–H and O–H groups in total. The summed E-state index contributed by atoms with van der Waals surface area (Å²) in [5, 5.41) is 4.88. The molecular weight excluding hydrogens is 367 g/mol. The molecule has 0 aliphatic rings. The number of nitrogens with zero attached hydrogens (tertiary/aromatic N) is 1. The Morgan fingerprint density at radius 2 is 1.95 bits per heavy atom. The first-order valence-electron chi connectivity index (χ1n) is 5.52. The van der Waals surface area contributed by atoms with Gasteiger partial charge < -0.3 is 14.7 Å². The van der Waals surface area contributed by atoms with Crippen molar-refractivity contribution in [3.63, 3.8) is 0 Å². The first-order valence-corrected chi connectivity index (χ1v) is 7.06. The molecule has 0 bridgehead atoms. The number of hydrogen-bond donors (Lipinski definition) is 1. The van der Waals surface area contributed by atoms with E-state index in [4.69, 9.17) is 37.9 Å². The van der Waals surface area contributed by atoms with E-state index >= 15 is 0 Å². The molecule has 0 amide bonds. The van der Waals surface area contributed by atoms with Crippen LogP contribution in [-0.4, -0.2) is 5.16 Å². The predicted octanol–water partition coefficient (Wildman–Crippen LogP) is 5.25. The maximum Gasteiger partial charge on any atom is 0.230 e. The van der Waals surface area contributed by atoms with Crippen molar-refractivity contribution in [3.8, 4) is 22.4 Å². The van der Waals surface area contributed by atoms with Crippen LogP contribution in [0.25, 0.3) is 22.4 Å². The smallest absolute Gasteiger partial charge is 0.230 e. The minimum atomic E-state index is 0.200. The van der Waals surface area contributed by atoms with Crippen LogP contribution in [-0.2, 0) is 0 Å². The lowest BCUT2D eigenvalue weighted by Gasteiger charge is -2.03. The molecule has 20 heavy (non-hydrogen) atoms. The molecule has 0 saturated carbocycles. The Labute approximate surface area is 132 Å². The summed E-state index contributed by atoms with van der Waals surface area (Å²) in [6.45, 7) is 0. The summed E-state index contributed by atoms with van der Waals surface area (Å²) < 4.78 is 10.8. The number of nitrogen functional groups attached to an aromatic ring is 1. The fraction of sp³-hybridized carbons (Fsp3) is 0. The van der Waals surface area contributed by atoms with Crippen molar-refractivity contribution in [2.45, 2.75) is 0 Å². The van der Waals surface area contributed by atoms with E-state index in [-0.39, 0.29) is 5.88 Å². The largest absolute Gasteiger partial charge is 0.457 e. The fourth-order valence-electron chi connectivity index (χ4n) is 1.88. The van der Waals surface area contributed by atoms with Crippen LogP contribution in [0.15, 0.2) is 44.1 Å². The van der Waals surface area contributed by atoms with E-state index in [1.807, 2.05) is 0 Å². The number of rotatable bonds is 2. The lowest BCUT2D eigenvalue weighted by molar-refractivity contribution is 0.439. The molecule has 2 aromatic heterocycles. The Hall–Kier alpha value is -1.43. The van der Waals surface area contributed by atoms with Gasteiger partial charge >= 0.3 is 0 Å². The number of anilines is 1. The number of hydrogen-bond acceptors (Lipinski definition) is 4. The number of furan rings is 1. The molecule has 0 atom stereocenters. The maximum atomic E-state index is 6.04. The zero-order chi connectivity index (χ0) is 14.3. The zero-order valence-electron chi connectivity index (χ0n) is 9.86. The molecule has 7 heteroatoms. The van der Waals surface area contributed by atoms with E-state index in [1.54, 1.807) is 30.5 Å². The molecule has 0 unspecified atom stereocenters. The van der Waals surface area contributed by atoms with Gasteiger partial charge in [-0.25, -0.2) is 0 Å². The molecule has 0 saturated heterocycles. The second kappa shape index (κ2) is 5.16. The van der Waals surface area contributed by atoms with Crippen molar-refractivity contribution in [1.29, 1.82) is 0 Å². The Morgan fingerprint density at radius 1 is 1.15 bits per heavy atom. The Kier molecular flexibility index (Phi) is 3.50. The Balaban J connectivity index is 2.21. The third-order valence-electron chi connectivity index (χ3n) is 2.80. The van der Waals surface area contributed by atoms with E-state index in [0.29, 0.717) is 26.0 Å². The van der Waals surface area contributed by atoms with Gasteiger partial charge in [-0.1, -0.05) is 34.4 Å². The summed E-state index contributed by atoms with van der Waals surface area (Å²) >= 11 is 15.3. The molecule has 4 nitrogen and oxygen atoms in total. The van der Waals surface area contributed by atoms with Crippen LogP contribution in [0.4, 0.5) is 5.88 Å². The van der Waals surface area contributed by atoms with E-state index in [0.717, 1.165) is 11.1 Å². The Bertz CT molecular complexity index is 783. The van der Waals surface area contributed by atoms with Crippen molar-refractivity contribution < 1.29 is 8.94 Å². The summed E-state index contributed by atoms with van der Waals surface area (Å²) in [6, 6.07) is 6.97. The third-order valence-corrected chi connectivity index (χ3v) is 4.15. The monoisotopic (exact) mass is 372 g/mol. The number of halogens is 3. The van der Waals surface area contributed by atoms with Gasteiger partial charge in [0, 0.05) is 0 Å². The first kappa shape index (κ1) is 13.5. The van der Waals surface area contributed by atoms with Gasteiger partial charge in [-0.05, 0) is 39.7 Å². The minimum Gasteiger partial charge on any atom is -0.457 e. The van der Waals surface area contributed by atoms with Gasteiger partial charge in [0.25, 0.3) is 0 Å². The predicted molar refractivity (Wildman–Crippen MR) is 81.8 cm³/mol. The second-order valence-corrected chi connectivity index (χ2v) is 5.54. The summed E-state index contributed by atoms with van der Waals surface area (Å²) in [4.78, 5) is 0. The number of benzene rings is 1.